The zero-order chi connectivity index (χ0) is 24.6. The largest absolute Gasteiger partial charge is 0.390 e. The fraction of sp³-hybridized carbons (Fsp3) is 0.900. The summed E-state index contributed by atoms with van der Waals surface area (Å²) in [4.78, 5) is 12.9. The van der Waals surface area contributed by atoms with E-state index in [0.717, 1.165) is 31.3 Å². The number of fused-ring (bicyclic) bond motifs is 5. The lowest BCUT2D eigenvalue weighted by Crippen LogP contribution is -2.63. The molecule has 4 aliphatic carbocycles. The van der Waals surface area contributed by atoms with Crippen molar-refractivity contribution < 1.29 is 15.0 Å². The summed E-state index contributed by atoms with van der Waals surface area (Å²) in [6, 6.07) is 0. The number of carbonyl (C=O) groups excluding carboxylic acids is 1. The van der Waals surface area contributed by atoms with E-state index in [4.69, 9.17) is 0 Å². The third kappa shape index (κ3) is 3.53. The second-order valence-electron chi connectivity index (χ2n) is 14.2. The van der Waals surface area contributed by atoms with Crippen LogP contribution < -0.4 is 0 Å². The molecule has 0 aliphatic heterocycles. The van der Waals surface area contributed by atoms with Crippen molar-refractivity contribution in [2.24, 2.45) is 45.3 Å². The summed E-state index contributed by atoms with van der Waals surface area (Å²) in [5, 5.41) is 21.9. The molecule has 0 unspecified atom stereocenters. The van der Waals surface area contributed by atoms with Crippen molar-refractivity contribution >= 4 is 5.78 Å². The van der Waals surface area contributed by atoms with Crippen LogP contribution >= 0.6 is 0 Å². The number of rotatable bonds is 5. The van der Waals surface area contributed by atoms with E-state index in [1.54, 1.807) is 0 Å². The molecule has 2 N–H and O–H groups in total. The lowest BCUT2D eigenvalue weighted by Gasteiger charge is -2.69. The maximum atomic E-state index is 12.9. The highest BCUT2D eigenvalue weighted by Crippen LogP contribution is 2.75. The van der Waals surface area contributed by atoms with Gasteiger partial charge in [-0.15, -0.1) is 0 Å². The molecule has 4 rings (SSSR count). The van der Waals surface area contributed by atoms with E-state index >= 15 is 0 Å². The van der Waals surface area contributed by atoms with Crippen LogP contribution in [0.1, 0.15) is 113 Å². The van der Waals surface area contributed by atoms with E-state index < -0.39 is 11.7 Å². The Hall–Kier alpha value is -0.670. The lowest BCUT2D eigenvalue weighted by atomic mass is 9.35. The molecule has 3 heteroatoms. The number of Topliss-reactive ketones (excluding diaryl/α,β-unsaturated/α-hetero) is 1. The summed E-state index contributed by atoms with van der Waals surface area (Å²) in [7, 11) is 0. The van der Waals surface area contributed by atoms with Crippen molar-refractivity contribution in [1.29, 1.82) is 0 Å². The van der Waals surface area contributed by atoms with Crippen LogP contribution in [0.5, 0.6) is 0 Å². The van der Waals surface area contributed by atoms with Gasteiger partial charge in [0.1, 0.15) is 5.78 Å². The van der Waals surface area contributed by atoms with Gasteiger partial charge < -0.3 is 10.2 Å². The minimum Gasteiger partial charge on any atom is -0.390 e. The first-order chi connectivity index (χ1) is 15.1. The third-order valence-corrected chi connectivity index (χ3v) is 12.4. The Kier molecular flexibility index (Phi) is 6.10. The molecular formula is C30H50O3. The van der Waals surface area contributed by atoms with E-state index in [2.05, 4.69) is 41.2 Å². The zero-order valence-electron chi connectivity index (χ0n) is 22.5. The van der Waals surface area contributed by atoms with E-state index in [9.17, 15) is 15.0 Å². The summed E-state index contributed by atoms with van der Waals surface area (Å²) in [5.74, 6) is 2.46. The Morgan fingerprint density at radius 2 is 1.67 bits per heavy atom. The van der Waals surface area contributed by atoms with Gasteiger partial charge in [0.25, 0.3) is 0 Å². The fourth-order valence-corrected chi connectivity index (χ4v) is 10.1. The van der Waals surface area contributed by atoms with Gasteiger partial charge >= 0.3 is 0 Å². The maximum Gasteiger partial charge on any atom is 0.138 e. The van der Waals surface area contributed by atoms with Gasteiger partial charge in [0, 0.05) is 11.8 Å². The monoisotopic (exact) mass is 458 g/mol. The minimum absolute atomic E-state index is 0.196. The van der Waals surface area contributed by atoms with Gasteiger partial charge in [-0.3, -0.25) is 4.79 Å². The molecule has 0 heterocycles. The first-order valence-corrected chi connectivity index (χ1v) is 13.7. The van der Waals surface area contributed by atoms with Crippen molar-refractivity contribution in [3.63, 3.8) is 0 Å². The number of hydrogen-bond donors (Lipinski definition) is 2. The molecule has 0 aromatic heterocycles. The Balaban J connectivity index is 1.60. The molecule has 0 bridgehead atoms. The van der Waals surface area contributed by atoms with Crippen LogP contribution in [-0.4, -0.2) is 27.7 Å². The predicted molar refractivity (Wildman–Crippen MR) is 135 cm³/mol. The number of ketones is 1. The maximum absolute atomic E-state index is 12.9. The number of aliphatic hydroxyl groups is 2. The van der Waals surface area contributed by atoms with Crippen LogP contribution in [0.2, 0.25) is 0 Å². The highest BCUT2D eigenvalue weighted by Gasteiger charge is 2.69. The van der Waals surface area contributed by atoms with Crippen LogP contribution in [0.25, 0.3) is 0 Å². The highest BCUT2D eigenvalue weighted by molar-refractivity contribution is 5.85. The Labute approximate surface area is 202 Å². The third-order valence-electron chi connectivity index (χ3n) is 12.4. The van der Waals surface area contributed by atoms with Gasteiger partial charge in [0.05, 0.1) is 11.7 Å². The van der Waals surface area contributed by atoms with E-state index in [1.165, 1.54) is 25.7 Å². The van der Waals surface area contributed by atoms with Crippen molar-refractivity contribution in [2.45, 2.75) is 124 Å². The van der Waals surface area contributed by atoms with Crippen LogP contribution in [0, 0.1) is 45.3 Å². The first-order valence-electron chi connectivity index (χ1n) is 13.7. The average Bonchev–Trinajstić information content (AvgIpc) is 3.08. The summed E-state index contributed by atoms with van der Waals surface area (Å²) >= 11 is 0. The van der Waals surface area contributed by atoms with Gasteiger partial charge in [-0.1, -0.05) is 46.8 Å². The Morgan fingerprint density at radius 1 is 1.03 bits per heavy atom. The molecule has 0 aromatic carbocycles. The summed E-state index contributed by atoms with van der Waals surface area (Å²) in [5.41, 5.74) is 0.580. The average molecular weight is 459 g/mol. The normalized spacial score (nSPS) is 47.1. The van der Waals surface area contributed by atoms with Gasteiger partial charge in [-0.25, -0.2) is 0 Å². The van der Waals surface area contributed by atoms with Crippen molar-refractivity contribution in [3.8, 4) is 0 Å². The topological polar surface area (TPSA) is 57.5 Å². The molecule has 0 spiro atoms. The van der Waals surface area contributed by atoms with Gasteiger partial charge in [0.2, 0.25) is 0 Å². The van der Waals surface area contributed by atoms with Gasteiger partial charge in [0.15, 0.2) is 0 Å². The highest BCUT2D eigenvalue weighted by atomic mass is 16.3. The van der Waals surface area contributed by atoms with Crippen LogP contribution in [-0.2, 0) is 4.79 Å². The molecular weight excluding hydrogens is 408 g/mol. The number of hydrogen-bond acceptors (Lipinski definition) is 3. The molecule has 9 atom stereocenters. The van der Waals surface area contributed by atoms with Gasteiger partial charge in [-0.05, 0) is 112 Å². The van der Waals surface area contributed by atoms with Crippen LogP contribution in [0.4, 0.5) is 0 Å². The lowest BCUT2D eigenvalue weighted by molar-refractivity contribution is -0.207. The van der Waals surface area contributed by atoms with Crippen molar-refractivity contribution in [1.82, 2.24) is 0 Å². The molecule has 4 fully saturated rings. The summed E-state index contributed by atoms with van der Waals surface area (Å²) in [6.45, 7) is 19.9. The number of aliphatic hydroxyl groups excluding tert-OH is 1. The Bertz CT molecular complexity index is 811. The second kappa shape index (κ2) is 7.92. The van der Waals surface area contributed by atoms with Gasteiger partial charge in [-0.2, -0.15) is 0 Å². The molecule has 4 aliphatic rings. The fourth-order valence-electron chi connectivity index (χ4n) is 10.1. The van der Waals surface area contributed by atoms with E-state index in [0.29, 0.717) is 42.3 Å². The van der Waals surface area contributed by atoms with E-state index in [1.807, 2.05) is 13.8 Å². The molecule has 0 radical (unpaired) electrons. The van der Waals surface area contributed by atoms with E-state index in [-0.39, 0.29) is 21.7 Å². The van der Waals surface area contributed by atoms with Crippen LogP contribution in [0.3, 0.4) is 0 Å². The molecule has 0 aromatic rings. The summed E-state index contributed by atoms with van der Waals surface area (Å²) < 4.78 is 0. The summed E-state index contributed by atoms with van der Waals surface area (Å²) in [6.07, 6.45) is 9.58. The zero-order valence-corrected chi connectivity index (χ0v) is 22.5. The molecule has 4 saturated carbocycles. The smallest absolute Gasteiger partial charge is 0.138 e. The SMILES string of the molecule is C=C(C)[C@H](O)CC[C@](C)(O)[C@H]1CC[C@@]2(C)[C@H]1CC[C@@H]1[C@@]3(C)CCC(=O)C(C)(C)[C@@H]3CC[C@]12C. The quantitative estimate of drug-likeness (QED) is 0.450. The van der Waals surface area contributed by atoms with Crippen molar-refractivity contribution in [3.05, 3.63) is 12.2 Å². The first kappa shape index (κ1) is 25.4. The predicted octanol–water partition coefficient (Wildman–Crippen LogP) is 6.71. The second-order valence-corrected chi connectivity index (χ2v) is 14.2. The molecule has 188 valence electrons. The number of carbonyl (C=O) groups is 1. The standard InChI is InChI=1S/C30H50O3/c1-19(2)22(31)12-18-30(8,33)21-11-16-28(6)20(21)9-10-24-27(5)15-14-25(32)26(3,4)23(27)13-17-29(24,28)7/h20-24,31,33H,1,9-18H2,2-8H3/t20-,21-,22+,23-,24+,27-,28-,29+,30-/m0/s1. The molecule has 0 saturated heterocycles. The molecule has 3 nitrogen and oxygen atoms in total. The van der Waals surface area contributed by atoms with Crippen LogP contribution in [0.15, 0.2) is 12.2 Å². The molecule has 0 amide bonds. The molecule has 33 heavy (non-hydrogen) atoms. The minimum atomic E-state index is -0.748. The van der Waals surface area contributed by atoms with Crippen molar-refractivity contribution in [2.75, 3.05) is 0 Å². The Morgan fingerprint density at radius 3 is 2.30 bits per heavy atom.